The van der Waals surface area contributed by atoms with Crippen molar-refractivity contribution in [1.82, 2.24) is 0 Å². The van der Waals surface area contributed by atoms with Crippen molar-refractivity contribution in [2.75, 3.05) is 7.11 Å². The summed E-state index contributed by atoms with van der Waals surface area (Å²) in [6.45, 7) is 0. The molecule has 10 heteroatoms. The Hall–Kier alpha value is -0.480. The van der Waals surface area contributed by atoms with E-state index in [1.165, 1.54) is 0 Å². The van der Waals surface area contributed by atoms with Crippen molar-refractivity contribution in [3.8, 4) is 0 Å². The van der Waals surface area contributed by atoms with Crippen LogP contribution in [0.3, 0.4) is 0 Å². The Bertz CT molecular complexity index is 293. The Morgan fingerprint density at radius 3 is 1.64 bits per heavy atom. The normalized spacial score (nSPS) is 16.8. The number of methoxy groups -OCH3 is 1. The van der Waals surface area contributed by atoms with Gasteiger partial charge < -0.3 is 4.74 Å². The molecule has 86 valence electrons. The SMILES string of the molecule is COC(C(F)(F)F)C(F)(F)S(=O)(=O)O. The lowest BCUT2D eigenvalue weighted by molar-refractivity contribution is -0.257. The molecule has 0 aromatic heterocycles. The predicted octanol–water partition coefficient (Wildman–Crippen LogP) is 1.04. The summed E-state index contributed by atoms with van der Waals surface area (Å²) in [6.07, 6.45) is -9.50. The molecule has 0 radical (unpaired) electrons. The van der Waals surface area contributed by atoms with Crippen LogP contribution in [0.2, 0.25) is 0 Å². The van der Waals surface area contributed by atoms with Crippen molar-refractivity contribution in [2.45, 2.75) is 17.5 Å². The first-order valence-corrected chi connectivity index (χ1v) is 4.33. The van der Waals surface area contributed by atoms with Crippen molar-refractivity contribution in [1.29, 1.82) is 0 Å². The van der Waals surface area contributed by atoms with Gasteiger partial charge in [-0.2, -0.15) is 30.4 Å². The average molecular weight is 244 g/mol. The average Bonchev–Trinajstić information content (AvgIpc) is 1.80. The van der Waals surface area contributed by atoms with Crippen LogP contribution in [-0.2, 0) is 14.9 Å². The van der Waals surface area contributed by atoms with Gasteiger partial charge in [0.15, 0.2) is 0 Å². The third-order valence-corrected chi connectivity index (χ3v) is 2.08. The molecular weight excluding hydrogens is 239 g/mol. The van der Waals surface area contributed by atoms with Gasteiger partial charge in [-0.3, -0.25) is 4.55 Å². The molecule has 0 aliphatic rings. The summed E-state index contributed by atoms with van der Waals surface area (Å²) in [7, 11) is -5.93. The first-order valence-electron chi connectivity index (χ1n) is 2.89. The van der Waals surface area contributed by atoms with E-state index in [1.807, 2.05) is 0 Å². The smallest absolute Gasteiger partial charge is 0.366 e. The summed E-state index contributed by atoms with van der Waals surface area (Å²) in [6, 6.07) is 0. The molecule has 0 aromatic carbocycles. The molecule has 0 saturated heterocycles. The second-order valence-corrected chi connectivity index (χ2v) is 3.69. The van der Waals surface area contributed by atoms with Gasteiger partial charge in [0.05, 0.1) is 0 Å². The van der Waals surface area contributed by atoms with E-state index < -0.39 is 27.7 Å². The molecule has 0 spiro atoms. The summed E-state index contributed by atoms with van der Waals surface area (Å²) >= 11 is 0. The van der Waals surface area contributed by atoms with E-state index in [0.29, 0.717) is 0 Å². The van der Waals surface area contributed by atoms with E-state index in [4.69, 9.17) is 4.55 Å². The summed E-state index contributed by atoms with van der Waals surface area (Å²) in [5, 5.41) is -5.43. The van der Waals surface area contributed by atoms with Gasteiger partial charge in [0.2, 0.25) is 6.10 Å². The number of hydrogen-bond donors (Lipinski definition) is 1. The van der Waals surface area contributed by atoms with Crippen LogP contribution in [0.1, 0.15) is 0 Å². The van der Waals surface area contributed by atoms with Crippen molar-refractivity contribution in [3.05, 3.63) is 0 Å². The van der Waals surface area contributed by atoms with Gasteiger partial charge >= 0.3 is 21.5 Å². The molecule has 0 fully saturated rings. The molecule has 1 atom stereocenters. The summed E-state index contributed by atoms with van der Waals surface area (Å²) in [4.78, 5) is 0. The van der Waals surface area contributed by atoms with E-state index in [1.54, 1.807) is 0 Å². The highest BCUT2D eigenvalue weighted by molar-refractivity contribution is 7.86. The monoisotopic (exact) mass is 244 g/mol. The number of ether oxygens (including phenoxy) is 1. The topological polar surface area (TPSA) is 63.6 Å². The number of hydrogen-bond acceptors (Lipinski definition) is 3. The molecule has 0 saturated carbocycles. The molecular formula is C4H5F5O4S. The minimum absolute atomic E-state index is 0.247. The second-order valence-electron chi connectivity index (χ2n) is 2.19. The maximum atomic E-state index is 12.4. The van der Waals surface area contributed by atoms with Crippen LogP contribution in [-0.4, -0.2) is 37.6 Å². The minimum Gasteiger partial charge on any atom is -0.366 e. The van der Waals surface area contributed by atoms with E-state index in [-0.39, 0.29) is 7.11 Å². The van der Waals surface area contributed by atoms with Crippen molar-refractivity contribution >= 4 is 10.1 Å². The van der Waals surface area contributed by atoms with Crippen molar-refractivity contribution in [3.63, 3.8) is 0 Å². The van der Waals surface area contributed by atoms with Gasteiger partial charge in [-0.25, -0.2) is 0 Å². The highest BCUT2D eigenvalue weighted by Gasteiger charge is 2.63. The summed E-state index contributed by atoms with van der Waals surface area (Å²) in [5.41, 5.74) is 0. The molecule has 0 amide bonds. The lowest BCUT2D eigenvalue weighted by Crippen LogP contribution is -2.50. The van der Waals surface area contributed by atoms with Gasteiger partial charge in [0.25, 0.3) is 0 Å². The fourth-order valence-electron chi connectivity index (χ4n) is 0.597. The van der Waals surface area contributed by atoms with Gasteiger partial charge in [-0.15, -0.1) is 0 Å². The van der Waals surface area contributed by atoms with Crippen LogP contribution >= 0.6 is 0 Å². The third kappa shape index (κ3) is 2.51. The largest absolute Gasteiger partial charge is 0.421 e. The van der Waals surface area contributed by atoms with E-state index in [9.17, 15) is 30.4 Å². The van der Waals surface area contributed by atoms with Crippen LogP contribution in [0.4, 0.5) is 22.0 Å². The Morgan fingerprint density at radius 1 is 1.21 bits per heavy atom. The van der Waals surface area contributed by atoms with Gasteiger partial charge in [-0.05, 0) is 0 Å². The number of alkyl halides is 5. The Balaban J connectivity index is 5.26. The molecule has 0 heterocycles. The maximum absolute atomic E-state index is 12.4. The van der Waals surface area contributed by atoms with Gasteiger partial charge in [0.1, 0.15) is 0 Å². The zero-order chi connectivity index (χ0) is 11.8. The van der Waals surface area contributed by atoms with Crippen LogP contribution < -0.4 is 0 Å². The highest BCUT2D eigenvalue weighted by Crippen LogP contribution is 2.37. The molecule has 1 N–H and O–H groups in total. The van der Waals surface area contributed by atoms with Crippen LogP contribution in [0, 0.1) is 0 Å². The Kier molecular flexibility index (Phi) is 3.46. The fraction of sp³-hybridized carbons (Fsp3) is 1.00. The zero-order valence-electron chi connectivity index (χ0n) is 6.55. The minimum atomic E-state index is -6.18. The molecule has 14 heavy (non-hydrogen) atoms. The zero-order valence-corrected chi connectivity index (χ0v) is 7.36. The van der Waals surface area contributed by atoms with Gasteiger partial charge in [-0.1, -0.05) is 0 Å². The Morgan fingerprint density at radius 2 is 1.57 bits per heavy atom. The second kappa shape index (κ2) is 3.59. The standard InChI is InChI=1S/C4H5F5O4S/c1-13-2(3(5,6)7)4(8,9)14(10,11)12/h2H,1H3,(H,10,11,12). The van der Waals surface area contributed by atoms with Crippen molar-refractivity contribution < 1.29 is 39.7 Å². The molecule has 0 aromatic rings. The molecule has 4 nitrogen and oxygen atoms in total. The quantitative estimate of drug-likeness (QED) is 0.595. The fourth-order valence-corrected chi connectivity index (χ4v) is 1.10. The van der Waals surface area contributed by atoms with Gasteiger partial charge in [0, 0.05) is 7.11 Å². The van der Waals surface area contributed by atoms with Crippen LogP contribution in [0.5, 0.6) is 0 Å². The molecule has 1 unspecified atom stereocenters. The first-order chi connectivity index (χ1) is 5.94. The number of halogens is 5. The highest BCUT2D eigenvalue weighted by atomic mass is 32.2. The molecule has 0 aliphatic carbocycles. The molecule has 0 rings (SSSR count). The molecule has 0 aliphatic heterocycles. The summed E-state index contributed by atoms with van der Waals surface area (Å²) < 4.78 is 91.1. The molecule has 0 bridgehead atoms. The Labute approximate surface area is 75.4 Å². The van der Waals surface area contributed by atoms with E-state index in [2.05, 4.69) is 4.74 Å². The van der Waals surface area contributed by atoms with E-state index in [0.717, 1.165) is 0 Å². The lowest BCUT2D eigenvalue weighted by Gasteiger charge is -2.24. The first kappa shape index (κ1) is 13.5. The lowest BCUT2D eigenvalue weighted by atomic mass is 10.3. The van der Waals surface area contributed by atoms with E-state index >= 15 is 0 Å². The number of rotatable bonds is 3. The predicted molar refractivity (Wildman–Crippen MR) is 33.3 cm³/mol. The summed E-state index contributed by atoms with van der Waals surface area (Å²) in [5.74, 6) is 0. The van der Waals surface area contributed by atoms with Crippen LogP contribution in [0.15, 0.2) is 0 Å². The van der Waals surface area contributed by atoms with Crippen molar-refractivity contribution in [2.24, 2.45) is 0 Å². The third-order valence-electron chi connectivity index (χ3n) is 1.18. The van der Waals surface area contributed by atoms with Crippen LogP contribution in [0.25, 0.3) is 0 Å². The maximum Gasteiger partial charge on any atom is 0.421 e.